The van der Waals surface area contributed by atoms with Crippen molar-refractivity contribution in [1.82, 2.24) is 5.32 Å². The lowest BCUT2D eigenvalue weighted by Crippen LogP contribution is -2.10. The number of aromatic hydroxyl groups is 1. The van der Waals surface area contributed by atoms with Crippen LogP contribution in [0, 0.1) is 11.6 Å². The lowest BCUT2D eigenvalue weighted by Gasteiger charge is -2.16. The maximum Gasteiger partial charge on any atom is 0.160 e. The molecule has 6 heteroatoms. The second kappa shape index (κ2) is 9.64. The largest absolute Gasteiger partial charge is 0.504 e. The number of aliphatic imine (C=N–C) groups is 1. The number of nitrogens with one attached hydrogen (secondary N) is 1. The molecule has 0 aliphatic carbocycles. The summed E-state index contributed by atoms with van der Waals surface area (Å²) in [5.74, 6) is -1.13. The maximum atomic E-state index is 13.7. The van der Waals surface area contributed by atoms with Crippen LogP contribution in [0.25, 0.3) is 16.7 Å². The molecule has 3 aromatic rings. The van der Waals surface area contributed by atoms with Gasteiger partial charge in [0, 0.05) is 19.0 Å². The van der Waals surface area contributed by atoms with E-state index < -0.39 is 11.6 Å². The molecule has 1 aliphatic heterocycles. The number of phenolic OH excluding ortho intramolecular Hbond substituents is 1. The van der Waals surface area contributed by atoms with Crippen molar-refractivity contribution < 1.29 is 18.6 Å². The van der Waals surface area contributed by atoms with Gasteiger partial charge < -0.3 is 15.2 Å². The van der Waals surface area contributed by atoms with Gasteiger partial charge in [0.2, 0.25) is 0 Å². The zero-order valence-electron chi connectivity index (χ0n) is 17.7. The van der Waals surface area contributed by atoms with Crippen molar-refractivity contribution >= 4 is 11.8 Å². The van der Waals surface area contributed by atoms with Gasteiger partial charge >= 0.3 is 0 Å². The third-order valence-corrected chi connectivity index (χ3v) is 5.21. The molecule has 0 unspecified atom stereocenters. The van der Waals surface area contributed by atoms with E-state index in [2.05, 4.69) is 10.3 Å². The average Bonchev–Trinajstić information content (AvgIpc) is 2.80. The minimum atomic E-state index is -0.867. The fourth-order valence-electron chi connectivity index (χ4n) is 3.55. The molecule has 32 heavy (non-hydrogen) atoms. The molecule has 0 atom stereocenters. The van der Waals surface area contributed by atoms with Crippen molar-refractivity contribution in [1.29, 1.82) is 0 Å². The molecular weight excluding hydrogens is 410 g/mol. The predicted molar refractivity (Wildman–Crippen MR) is 123 cm³/mol. The summed E-state index contributed by atoms with van der Waals surface area (Å²) in [6.45, 7) is 3.60. The van der Waals surface area contributed by atoms with Gasteiger partial charge in [-0.15, -0.1) is 0 Å². The van der Waals surface area contributed by atoms with Gasteiger partial charge in [-0.3, -0.25) is 4.99 Å². The fraction of sp³-hybridized carbons (Fsp3) is 0.192. The van der Waals surface area contributed by atoms with Crippen molar-refractivity contribution in [3.63, 3.8) is 0 Å². The topological polar surface area (TPSA) is 53.8 Å². The number of ether oxygens (including phenoxy) is 1. The average molecular weight is 434 g/mol. The van der Waals surface area contributed by atoms with Gasteiger partial charge in [0.1, 0.15) is 0 Å². The lowest BCUT2D eigenvalue weighted by molar-refractivity contribution is 0.299. The Bertz CT molecular complexity index is 1190. The lowest BCUT2D eigenvalue weighted by atomic mass is 9.93. The van der Waals surface area contributed by atoms with E-state index in [1.165, 1.54) is 6.07 Å². The van der Waals surface area contributed by atoms with E-state index in [1.54, 1.807) is 18.2 Å². The smallest absolute Gasteiger partial charge is 0.160 e. The number of fused-ring (bicyclic) bond motifs is 1. The molecule has 4 rings (SSSR count). The van der Waals surface area contributed by atoms with Gasteiger partial charge in [-0.05, 0) is 70.1 Å². The number of phenols is 1. The molecule has 0 saturated heterocycles. The Hall–Kier alpha value is -3.67. The summed E-state index contributed by atoms with van der Waals surface area (Å²) in [4.78, 5) is 4.41. The van der Waals surface area contributed by atoms with Crippen LogP contribution in [-0.2, 0) is 6.54 Å². The van der Waals surface area contributed by atoms with Crippen LogP contribution in [0.15, 0.2) is 65.8 Å². The normalized spacial score (nSPS) is 13.8. The molecule has 2 N–H and O–H groups in total. The van der Waals surface area contributed by atoms with Crippen molar-refractivity contribution in [2.75, 3.05) is 13.2 Å². The van der Waals surface area contributed by atoms with Crippen LogP contribution in [0.2, 0.25) is 0 Å². The van der Waals surface area contributed by atoms with E-state index in [1.807, 2.05) is 43.6 Å². The van der Waals surface area contributed by atoms with Crippen LogP contribution in [0.1, 0.15) is 30.0 Å². The Labute approximate surface area is 185 Å². The maximum absolute atomic E-state index is 13.7. The van der Waals surface area contributed by atoms with Gasteiger partial charge in [0.15, 0.2) is 23.1 Å². The highest BCUT2D eigenvalue weighted by Crippen LogP contribution is 2.30. The minimum Gasteiger partial charge on any atom is -0.504 e. The summed E-state index contributed by atoms with van der Waals surface area (Å²) in [5.41, 5.74) is 5.27. The summed E-state index contributed by atoms with van der Waals surface area (Å²) < 4.78 is 32.5. The summed E-state index contributed by atoms with van der Waals surface area (Å²) >= 11 is 0. The molecule has 1 heterocycles. The first-order valence-electron chi connectivity index (χ1n) is 10.5. The van der Waals surface area contributed by atoms with Gasteiger partial charge in [0.05, 0.1) is 13.2 Å². The third kappa shape index (κ3) is 4.80. The summed E-state index contributed by atoms with van der Waals surface area (Å²) in [7, 11) is 0. The first-order chi connectivity index (χ1) is 15.5. The number of rotatable bonds is 7. The van der Waals surface area contributed by atoms with E-state index in [-0.39, 0.29) is 5.75 Å². The highest BCUT2D eigenvalue weighted by molar-refractivity contribution is 5.93. The summed E-state index contributed by atoms with van der Waals surface area (Å²) in [6, 6.07) is 15.0. The summed E-state index contributed by atoms with van der Waals surface area (Å²) in [5, 5.41) is 13.4. The Morgan fingerprint density at radius 3 is 2.62 bits per heavy atom. The SMILES string of the molecule is CCCOc1ccc(CN/C=C2\CN=Cc3ccc(-c4ccc(F)c(F)c4)cc32)cc1O. The number of benzene rings is 3. The molecule has 1 aliphatic rings. The highest BCUT2D eigenvalue weighted by atomic mass is 19.2. The Kier molecular flexibility index (Phi) is 6.50. The molecule has 0 aromatic heterocycles. The van der Waals surface area contributed by atoms with Gasteiger partial charge in [-0.1, -0.05) is 31.2 Å². The van der Waals surface area contributed by atoms with E-state index >= 15 is 0 Å². The Morgan fingerprint density at radius 1 is 1.03 bits per heavy atom. The zero-order chi connectivity index (χ0) is 22.5. The molecule has 0 saturated carbocycles. The second-order valence-electron chi connectivity index (χ2n) is 7.60. The van der Waals surface area contributed by atoms with Crippen molar-refractivity contribution in [3.05, 3.63) is 89.1 Å². The zero-order valence-corrected chi connectivity index (χ0v) is 17.7. The molecule has 0 bridgehead atoms. The predicted octanol–water partition coefficient (Wildman–Crippen LogP) is 5.69. The molecular formula is C26H24F2N2O2. The van der Waals surface area contributed by atoms with E-state index in [0.717, 1.165) is 40.3 Å². The van der Waals surface area contributed by atoms with E-state index in [9.17, 15) is 13.9 Å². The number of hydrogen-bond donors (Lipinski definition) is 2. The molecule has 0 spiro atoms. The fourth-order valence-corrected chi connectivity index (χ4v) is 3.55. The highest BCUT2D eigenvalue weighted by Gasteiger charge is 2.13. The standard InChI is InChI=1S/C26H24F2N2O2/c1-2-9-32-26-8-3-17(10-25(26)31)13-29-15-21-16-30-14-20-5-4-18(11-22(20)21)19-6-7-23(27)24(28)12-19/h3-8,10-12,14-15,29,31H,2,9,13,16H2,1H3/b21-15+. The number of halogens is 2. The van der Waals surface area contributed by atoms with Crippen molar-refractivity contribution in [2.24, 2.45) is 4.99 Å². The quantitative estimate of drug-likeness (QED) is 0.502. The van der Waals surface area contributed by atoms with Crippen LogP contribution in [0.4, 0.5) is 8.78 Å². The van der Waals surface area contributed by atoms with Crippen LogP contribution >= 0.6 is 0 Å². The first-order valence-corrected chi connectivity index (χ1v) is 10.5. The summed E-state index contributed by atoms with van der Waals surface area (Å²) in [6.07, 6.45) is 4.59. The minimum absolute atomic E-state index is 0.120. The molecule has 4 nitrogen and oxygen atoms in total. The second-order valence-corrected chi connectivity index (χ2v) is 7.60. The number of hydrogen-bond acceptors (Lipinski definition) is 4. The van der Waals surface area contributed by atoms with Crippen molar-refractivity contribution in [3.8, 4) is 22.6 Å². The molecule has 0 amide bonds. The van der Waals surface area contributed by atoms with Gasteiger partial charge in [-0.25, -0.2) is 8.78 Å². The van der Waals surface area contributed by atoms with E-state index in [0.29, 0.717) is 31.0 Å². The van der Waals surface area contributed by atoms with Crippen LogP contribution in [0.5, 0.6) is 11.5 Å². The van der Waals surface area contributed by atoms with Gasteiger partial charge in [-0.2, -0.15) is 0 Å². The monoisotopic (exact) mass is 434 g/mol. The van der Waals surface area contributed by atoms with E-state index in [4.69, 9.17) is 4.74 Å². The molecule has 0 radical (unpaired) electrons. The molecule has 0 fully saturated rings. The Morgan fingerprint density at radius 2 is 1.84 bits per heavy atom. The first kappa shape index (κ1) is 21.6. The van der Waals surface area contributed by atoms with Crippen LogP contribution in [-0.4, -0.2) is 24.5 Å². The number of nitrogens with zero attached hydrogens (tertiary/aromatic N) is 1. The Balaban J connectivity index is 1.51. The van der Waals surface area contributed by atoms with Crippen LogP contribution < -0.4 is 10.1 Å². The molecule has 3 aromatic carbocycles. The third-order valence-electron chi connectivity index (χ3n) is 5.21. The molecule has 164 valence electrons. The van der Waals surface area contributed by atoms with Crippen LogP contribution in [0.3, 0.4) is 0 Å². The van der Waals surface area contributed by atoms with Crippen molar-refractivity contribution in [2.45, 2.75) is 19.9 Å². The van der Waals surface area contributed by atoms with Gasteiger partial charge in [0.25, 0.3) is 0 Å².